The fourth-order valence-electron chi connectivity index (χ4n) is 3.45. The lowest BCUT2D eigenvalue weighted by Gasteiger charge is -2.37. The standard InChI is InChI=1S/C21H25Cl2N3O3S/c1-14-4-5-15(2)20(12-14)30(28,29)26-10-8-25(9-11-26)16(3)21(27)24-19-13-17(22)6-7-18(19)23/h4-7,12-13,16H,8-11H2,1-3H3,(H,24,27)/t16-/m1/s1. The smallest absolute Gasteiger partial charge is 0.243 e. The van der Waals surface area contributed by atoms with E-state index in [0.717, 1.165) is 11.1 Å². The van der Waals surface area contributed by atoms with Gasteiger partial charge in [0.2, 0.25) is 15.9 Å². The summed E-state index contributed by atoms with van der Waals surface area (Å²) in [6.07, 6.45) is 0. The van der Waals surface area contributed by atoms with Crippen molar-refractivity contribution in [1.29, 1.82) is 0 Å². The molecule has 1 fully saturated rings. The summed E-state index contributed by atoms with van der Waals surface area (Å²) in [5.41, 5.74) is 2.09. The molecule has 1 amide bonds. The van der Waals surface area contributed by atoms with Crippen molar-refractivity contribution in [2.45, 2.75) is 31.7 Å². The molecular formula is C21H25Cl2N3O3S. The van der Waals surface area contributed by atoms with Crippen LogP contribution in [0.4, 0.5) is 5.69 Å². The van der Waals surface area contributed by atoms with Crippen LogP contribution in [0.3, 0.4) is 0 Å². The van der Waals surface area contributed by atoms with Crippen LogP contribution in [0.25, 0.3) is 0 Å². The lowest BCUT2D eigenvalue weighted by Crippen LogP contribution is -2.54. The first-order valence-corrected chi connectivity index (χ1v) is 11.9. The van der Waals surface area contributed by atoms with Crippen molar-refractivity contribution < 1.29 is 13.2 Å². The lowest BCUT2D eigenvalue weighted by molar-refractivity contribution is -0.121. The summed E-state index contributed by atoms with van der Waals surface area (Å²) in [5, 5.41) is 3.69. The number of hydrogen-bond donors (Lipinski definition) is 1. The number of piperazine rings is 1. The van der Waals surface area contributed by atoms with E-state index in [-0.39, 0.29) is 5.91 Å². The van der Waals surface area contributed by atoms with Crippen LogP contribution in [0.5, 0.6) is 0 Å². The third kappa shape index (κ3) is 4.98. The van der Waals surface area contributed by atoms with Gasteiger partial charge in [-0.15, -0.1) is 0 Å². The van der Waals surface area contributed by atoms with Crippen LogP contribution < -0.4 is 5.32 Å². The Morgan fingerprint density at radius 1 is 1.03 bits per heavy atom. The van der Waals surface area contributed by atoms with Gasteiger partial charge in [-0.2, -0.15) is 4.31 Å². The van der Waals surface area contributed by atoms with Gasteiger partial charge in [0.1, 0.15) is 0 Å². The highest BCUT2D eigenvalue weighted by Crippen LogP contribution is 2.26. The molecule has 3 rings (SSSR count). The zero-order valence-corrected chi connectivity index (χ0v) is 19.5. The second-order valence-electron chi connectivity index (χ2n) is 7.50. The molecule has 0 spiro atoms. The maximum absolute atomic E-state index is 13.1. The summed E-state index contributed by atoms with van der Waals surface area (Å²) in [6, 6.07) is 9.88. The van der Waals surface area contributed by atoms with E-state index in [1.807, 2.05) is 24.0 Å². The number of halogens is 2. The van der Waals surface area contributed by atoms with E-state index < -0.39 is 16.1 Å². The third-order valence-corrected chi connectivity index (χ3v) is 7.95. The number of nitrogens with zero attached hydrogens (tertiary/aromatic N) is 2. The second-order valence-corrected chi connectivity index (χ2v) is 10.2. The summed E-state index contributed by atoms with van der Waals surface area (Å²) in [7, 11) is -3.57. The first-order chi connectivity index (χ1) is 14.1. The zero-order valence-electron chi connectivity index (χ0n) is 17.2. The Morgan fingerprint density at radius 2 is 1.70 bits per heavy atom. The Hall–Kier alpha value is -1.64. The minimum absolute atomic E-state index is 0.218. The highest BCUT2D eigenvalue weighted by Gasteiger charge is 2.32. The summed E-state index contributed by atoms with van der Waals surface area (Å²) < 4.78 is 27.7. The molecule has 30 heavy (non-hydrogen) atoms. The largest absolute Gasteiger partial charge is 0.323 e. The van der Waals surface area contributed by atoms with E-state index in [4.69, 9.17) is 23.2 Å². The molecule has 0 aliphatic carbocycles. The molecule has 6 nitrogen and oxygen atoms in total. The van der Waals surface area contributed by atoms with E-state index in [1.54, 1.807) is 38.1 Å². The van der Waals surface area contributed by atoms with Crippen molar-refractivity contribution in [3.05, 3.63) is 57.6 Å². The molecule has 1 aliphatic rings. The van der Waals surface area contributed by atoms with Gasteiger partial charge in [0.05, 0.1) is 21.6 Å². The monoisotopic (exact) mass is 469 g/mol. The highest BCUT2D eigenvalue weighted by molar-refractivity contribution is 7.89. The molecule has 162 valence electrons. The highest BCUT2D eigenvalue weighted by atomic mass is 35.5. The number of aryl methyl sites for hydroxylation is 2. The Balaban J connectivity index is 1.65. The van der Waals surface area contributed by atoms with Crippen molar-refractivity contribution >= 4 is 44.8 Å². The molecule has 1 atom stereocenters. The Bertz CT molecular complexity index is 1050. The predicted octanol–water partition coefficient (Wildman–Crippen LogP) is 3.94. The topological polar surface area (TPSA) is 69.7 Å². The van der Waals surface area contributed by atoms with Crippen molar-refractivity contribution in [3.8, 4) is 0 Å². The molecule has 1 heterocycles. The summed E-state index contributed by atoms with van der Waals surface area (Å²) in [4.78, 5) is 15.0. The van der Waals surface area contributed by atoms with E-state index in [1.165, 1.54) is 4.31 Å². The number of carbonyl (C=O) groups excluding carboxylic acids is 1. The number of amides is 1. The van der Waals surface area contributed by atoms with E-state index >= 15 is 0 Å². The molecule has 9 heteroatoms. The molecule has 2 aromatic rings. The number of sulfonamides is 1. The van der Waals surface area contributed by atoms with Gasteiger partial charge in [-0.25, -0.2) is 8.42 Å². The maximum atomic E-state index is 13.1. The number of nitrogens with one attached hydrogen (secondary N) is 1. The Morgan fingerprint density at radius 3 is 2.37 bits per heavy atom. The van der Waals surface area contributed by atoms with Crippen LogP contribution in [0, 0.1) is 13.8 Å². The quantitative estimate of drug-likeness (QED) is 0.719. The molecule has 0 radical (unpaired) electrons. The van der Waals surface area contributed by atoms with Crippen LogP contribution in [0.2, 0.25) is 10.0 Å². The molecule has 0 aromatic heterocycles. The van der Waals surface area contributed by atoms with Gasteiger partial charge in [0, 0.05) is 31.2 Å². The first-order valence-electron chi connectivity index (χ1n) is 9.67. The summed E-state index contributed by atoms with van der Waals surface area (Å²) in [6.45, 7) is 7.04. The molecule has 1 N–H and O–H groups in total. The minimum atomic E-state index is -3.57. The second kappa shape index (κ2) is 9.24. The van der Waals surface area contributed by atoms with Crippen LogP contribution in [0.15, 0.2) is 41.3 Å². The first kappa shape index (κ1) is 23.0. The van der Waals surface area contributed by atoms with E-state index in [0.29, 0.717) is 46.8 Å². The van der Waals surface area contributed by atoms with Gasteiger partial charge in [0.25, 0.3) is 0 Å². The SMILES string of the molecule is Cc1ccc(C)c(S(=O)(=O)N2CCN([C@H](C)C(=O)Nc3cc(Cl)ccc3Cl)CC2)c1. The summed E-state index contributed by atoms with van der Waals surface area (Å²) in [5.74, 6) is -0.218. The number of carbonyl (C=O) groups is 1. The van der Waals surface area contributed by atoms with E-state index in [9.17, 15) is 13.2 Å². The number of hydrogen-bond acceptors (Lipinski definition) is 4. The molecule has 0 saturated carbocycles. The van der Waals surface area contributed by atoms with Gasteiger partial charge in [-0.05, 0) is 56.2 Å². The third-order valence-electron chi connectivity index (χ3n) is 5.35. The van der Waals surface area contributed by atoms with Crippen LogP contribution in [0.1, 0.15) is 18.1 Å². The van der Waals surface area contributed by atoms with Crippen LogP contribution in [-0.4, -0.2) is 55.8 Å². The number of rotatable bonds is 5. The van der Waals surface area contributed by atoms with Crippen molar-refractivity contribution in [2.24, 2.45) is 0 Å². The van der Waals surface area contributed by atoms with Crippen LogP contribution in [-0.2, 0) is 14.8 Å². The summed E-state index contributed by atoms with van der Waals surface area (Å²) >= 11 is 12.1. The molecule has 0 bridgehead atoms. The van der Waals surface area contributed by atoms with E-state index in [2.05, 4.69) is 5.32 Å². The Kier molecular flexibility index (Phi) is 7.09. The van der Waals surface area contributed by atoms with Gasteiger partial charge >= 0.3 is 0 Å². The predicted molar refractivity (Wildman–Crippen MR) is 121 cm³/mol. The van der Waals surface area contributed by atoms with Gasteiger partial charge in [0.15, 0.2) is 0 Å². The molecule has 0 unspecified atom stereocenters. The minimum Gasteiger partial charge on any atom is -0.323 e. The lowest BCUT2D eigenvalue weighted by atomic mass is 10.2. The fourth-order valence-corrected chi connectivity index (χ4v) is 5.52. The Labute approximate surface area is 187 Å². The van der Waals surface area contributed by atoms with Gasteiger partial charge in [-0.1, -0.05) is 35.3 Å². The van der Waals surface area contributed by atoms with Crippen LogP contribution >= 0.6 is 23.2 Å². The van der Waals surface area contributed by atoms with Crippen molar-refractivity contribution in [3.63, 3.8) is 0 Å². The normalized spacial score (nSPS) is 17.0. The number of benzene rings is 2. The molecular weight excluding hydrogens is 445 g/mol. The average Bonchev–Trinajstić information content (AvgIpc) is 2.72. The number of anilines is 1. The maximum Gasteiger partial charge on any atom is 0.243 e. The van der Waals surface area contributed by atoms with Crippen molar-refractivity contribution in [2.75, 3.05) is 31.5 Å². The van der Waals surface area contributed by atoms with Crippen molar-refractivity contribution in [1.82, 2.24) is 9.21 Å². The fraction of sp³-hybridized carbons (Fsp3) is 0.381. The van der Waals surface area contributed by atoms with Gasteiger partial charge in [-0.3, -0.25) is 9.69 Å². The molecule has 1 aliphatic heterocycles. The molecule has 2 aromatic carbocycles. The zero-order chi connectivity index (χ0) is 22.1. The average molecular weight is 470 g/mol. The van der Waals surface area contributed by atoms with Gasteiger partial charge < -0.3 is 5.32 Å². The molecule has 1 saturated heterocycles.